The lowest BCUT2D eigenvalue weighted by Gasteiger charge is -2.36. The van der Waals surface area contributed by atoms with Gasteiger partial charge in [0.05, 0.1) is 16.9 Å². The minimum atomic E-state index is 0.554. The van der Waals surface area contributed by atoms with Gasteiger partial charge < -0.3 is 9.88 Å². The molecule has 3 heteroatoms. The fraction of sp³-hybridized carbons (Fsp3) is 0.292. The van der Waals surface area contributed by atoms with E-state index in [0.717, 1.165) is 17.8 Å². The van der Waals surface area contributed by atoms with E-state index in [2.05, 4.69) is 78.3 Å². The summed E-state index contributed by atoms with van der Waals surface area (Å²) in [5, 5.41) is 2.46. The van der Waals surface area contributed by atoms with E-state index in [9.17, 15) is 0 Å². The van der Waals surface area contributed by atoms with Crippen LogP contribution in [0.3, 0.4) is 0 Å². The minimum absolute atomic E-state index is 0.554. The van der Waals surface area contributed by atoms with Gasteiger partial charge in [0.2, 0.25) is 0 Å². The van der Waals surface area contributed by atoms with E-state index in [1.54, 1.807) is 0 Å². The molecule has 0 radical (unpaired) electrons. The molecule has 3 heterocycles. The van der Waals surface area contributed by atoms with Crippen molar-refractivity contribution in [1.29, 1.82) is 0 Å². The molecule has 4 aromatic rings. The number of hydrogen-bond acceptors (Lipinski definition) is 2. The van der Waals surface area contributed by atoms with Crippen molar-refractivity contribution in [3.8, 4) is 11.3 Å². The largest absolute Gasteiger partial charge is 0.367 e. The first kappa shape index (κ1) is 16.4. The molecule has 1 N–H and O–H groups in total. The van der Waals surface area contributed by atoms with Crippen LogP contribution in [0.1, 0.15) is 31.9 Å². The Kier molecular flexibility index (Phi) is 3.89. The number of aromatic nitrogens is 2. The zero-order chi connectivity index (χ0) is 18.4. The molecule has 0 saturated carbocycles. The number of piperidine rings is 1. The van der Waals surface area contributed by atoms with E-state index in [1.807, 2.05) is 0 Å². The lowest BCUT2D eigenvalue weighted by molar-refractivity contribution is 0.485. The zero-order valence-corrected chi connectivity index (χ0v) is 16.0. The maximum absolute atomic E-state index is 5.12. The van der Waals surface area contributed by atoms with E-state index in [1.165, 1.54) is 52.5 Å². The van der Waals surface area contributed by atoms with Crippen LogP contribution < -0.4 is 4.90 Å². The summed E-state index contributed by atoms with van der Waals surface area (Å²) in [5.74, 6) is 0. The molecule has 27 heavy (non-hydrogen) atoms. The van der Waals surface area contributed by atoms with Gasteiger partial charge in [-0.15, -0.1) is 0 Å². The number of aromatic amines is 1. The van der Waals surface area contributed by atoms with Gasteiger partial charge in [0, 0.05) is 40.1 Å². The lowest BCUT2D eigenvalue weighted by atomic mass is 9.99. The fourth-order valence-corrected chi connectivity index (χ4v) is 4.42. The highest BCUT2D eigenvalue weighted by atomic mass is 15.2. The Balaban J connectivity index is 1.73. The normalized spacial score (nSPS) is 17.7. The second-order valence-electron chi connectivity index (χ2n) is 7.84. The van der Waals surface area contributed by atoms with Crippen molar-refractivity contribution in [3.63, 3.8) is 0 Å². The van der Waals surface area contributed by atoms with Crippen LogP contribution in [0.5, 0.6) is 0 Å². The molecule has 1 saturated heterocycles. The van der Waals surface area contributed by atoms with Gasteiger partial charge in [0.25, 0.3) is 0 Å². The van der Waals surface area contributed by atoms with Gasteiger partial charge in [-0.1, -0.05) is 24.3 Å². The number of fused-ring (bicyclic) bond motifs is 2. The van der Waals surface area contributed by atoms with Crippen molar-refractivity contribution in [2.75, 3.05) is 11.4 Å². The second-order valence-corrected chi connectivity index (χ2v) is 7.84. The molecule has 0 aliphatic carbocycles. The first-order chi connectivity index (χ1) is 13.2. The maximum atomic E-state index is 5.12. The average Bonchev–Trinajstić information content (AvgIpc) is 3.06. The molecule has 1 fully saturated rings. The number of rotatable bonds is 2. The topological polar surface area (TPSA) is 31.9 Å². The third-order valence-corrected chi connectivity index (χ3v) is 5.85. The maximum Gasteiger partial charge on any atom is 0.0943 e. The van der Waals surface area contributed by atoms with Crippen LogP contribution >= 0.6 is 0 Å². The Morgan fingerprint density at radius 1 is 1.00 bits per heavy atom. The lowest BCUT2D eigenvalue weighted by Crippen LogP contribution is -2.37. The molecule has 0 amide bonds. The number of aryl methyl sites for hydroxylation is 1. The molecule has 0 bridgehead atoms. The molecule has 5 rings (SSSR count). The Hall–Kier alpha value is -2.81. The van der Waals surface area contributed by atoms with Gasteiger partial charge >= 0.3 is 0 Å². The number of nitrogens with one attached hydrogen (secondary N) is 1. The summed E-state index contributed by atoms with van der Waals surface area (Å²) in [5.41, 5.74) is 7.01. The van der Waals surface area contributed by atoms with Crippen molar-refractivity contribution < 1.29 is 0 Å². The fourth-order valence-electron chi connectivity index (χ4n) is 4.42. The molecule has 0 spiro atoms. The number of benzene rings is 2. The molecule has 0 unspecified atom stereocenters. The number of hydrogen-bond donors (Lipinski definition) is 1. The van der Waals surface area contributed by atoms with Crippen molar-refractivity contribution in [2.24, 2.45) is 0 Å². The Morgan fingerprint density at radius 3 is 2.78 bits per heavy atom. The summed E-state index contributed by atoms with van der Waals surface area (Å²) in [7, 11) is 0. The van der Waals surface area contributed by atoms with E-state index in [4.69, 9.17) is 4.98 Å². The van der Waals surface area contributed by atoms with Gasteiger partial charge in [-0.25, -0.2) is 4.98 Å². The number of para-hydroxylation sites is 1. The van der Waals surface area contributed by atoms with E-state index < -0.39 is 0 Å². The summed E-state index contributed by atoms with van der Waals surface area (Å²) in [6.07, 6.45) is 3.83. The number of H-pyrrole nitrogens is 1. The van der Waals surface area contributed by atoms with Crippen LogP contribution in [0.2, 0.25) is 0 Å². The Labute approximate surface area is 160 Å². The molecule has 136 valence electrons. The Morgan fingerprint density at radius 2 is 1.89 bits per heavy atom. The molecule has 2 aromatic heterocycles. The highest BCUT2D eigenvalue weighted by Gasteiger charge is 2.23. The van der Waals surface area contributed by atoms with E-state index in [0.29, 0.717) is 6.04 Å². The van der Waals surface area contributed by atoms with Gasteiger partial charge in [-0.05, 0) is 63.4 Å². The molecule has 1 aliphatic rings. The van der Waals surface area contributed by atoms with Crippen molar-refractivity contribution in [2.45, 2.75) is 39.2 Å². The first-order valence-corrected chi connectivity index (χ1v) is 9.95. The zero-order valence-electron chi connectivity index (χ0n) is 16.0. The van der Waals surface area contributed by atoms with Crippen LogP contribution in [0.25, 0.3) is 33.1 Å². The SMILES string of the molecule is Cc1cc2cc(-c3nc4ccccc4cc3N3CCCC[C@@H]3C)ccc2[nH]1. The third-order valence-electron chi connectivity index (χ3n) is 5.85. The van der Waals surface area contributed by atoms with E-state index >= 15 is 0 Å². The van der Waals surface area contributed by atoms with Crippen molar-refractivity contribution in [3.05, 3.63) is 60.3 Å². The van der Waals surface area contributed by atoms with Crippen LogP contribution in [0.15, 0.2) is 54.6 Å². The second kappa shape index (κ2) is 6.41. The average molecular weight is 355 g/mol. The number of pyridine rings is 1. The standard InChI is InChI=1S/C24H25N3/c1-16-13-20-14-19(10-11-22(20)25-16)24-23(27-12-6-5-7-17(27)2)15-18-8-3-4-9-21(18)26-24/h3-4,8-11,13-15,17,25H,5-7,12H2,1-2H3/t17-/m0/s1. The van der Waals surface area contributed by atoms with Gasteiger partial charge in [0.15, 0.2) is 0 Å². The summed E-state index contributed by atoms with van der Waals surface area (Å²) in [6.45, 7) is 5.56. The van der Waals surface area contributed by atoms with Crippen LogP contribution in [-0.4, -0.2) is 22.6 Å². The third kappa shape index (κ3) is 2.87. The monoisotopic (exact) mass is 355 g/mol. The highest BCUT2D eigenvalue weighted by molar-refractivity contribution is 5.92. The van der Waals surface area contributed by atoms with Gasteiger partial charge in [0.1, 0.15) is 0 Å². The highest BCUT2D eigenvalue weighted by Crippen LogP contribution is 2.36. The first-order valence-electron chi connectivity index (χ1n) is 9.95. The predicted molar refractivity (Wildman–Crippen MR) is 114 cm³/mol. The molecule has 3 nitrogen and oxygen atoms in total. The van der Waals surface area contributed by atoms with Crippen molar-refractivity contribution >= 4 is 27.5 Å². The Bertz CT molecular complexity index is 1130. The molecule has 1 atom stereocenters. The van der Waals surface area contributed by atoms with Crippen LogP contribution in [-0.2, 0) is 0 Å². The van der Waals surface area contributed by atoms with E-state index in [-0.39, 0.29) is 0 Å². The minimum Gasteiger partial charge on any atom is -0.367 e. The summed E-state index contributed by atoms with van der Waals surface area (Å²) >= 11 is 0. The van der Waals surface area contributed by atoms with Crippen LogP contribution in [0.4, 0.5) is 5.69 Å². The summed E-state index contributed by atoms with van der Waals surface area (Å²) in [4.78, 5) is 11.1. The quantitative estimate of drug-likeness (QED) is 0.473. The number of nitrogens with zero attached hydrogens (tertiary/aromatic N) is 2. The molecule has 2 aromatic carbocycles. The summed E-state index contributed by atoms with van der Waals surface area (Å²) < 4.78 is 0. The van der Waals surface area contributed by atoms with Crippen LogP contribution in [0, 0.1) is 6.92 Å². The van der Waals surface area contributed by atoms with Crippen molar-refractivity contribution in [1.82, 2.24) is 9.97 Å². The predicted octanol–water partition coefficient (Wildman–Crippen LogP) is 6.07. The van der Waals surface area contributed by atoms with Gasteiger partial charge in [-0.2, -0.15) is 0 Å². The summed E-state index contributed by atoms with van der Waals surface area (Å²) in [6, 6.07) is 20.2. The smallest absolute Gasteiger partial charge is 0.0943 e. The van der Waals surface area contributed by atoms with Gasteiger partial charge in [-0.3, -0.25) is 0 Å². The molecular weight excluding hydrogens is 330 g/mol. The molecule has 1 aliphatic heterocycles. The number of anilines is 1. The molecular formula is C24H25N3.